The monoisotopic (exact) mass is 428 g/mol. The average Bonchev–Trinajstić information content (AvgIpc) is 3.47. The molecular formula is C23H20N6OS. The normalized spacial score (nSPS) is 11.2. The maximum absolute atomic E-state index is 12.8. The Morgan fingerprint density at radius 3 is 2.81 bits per heavy atom. The number of aromatic nitrogens is 4. The molecule has 0 aliphatic heterocycles. The number of hydrogen-bond donors (Lipinski definition) is 1. The van der Waals surface area contributed by atoms with Gasteiger partial charge < -0.3 is 5.32 Å². The highest BCUT2D eigenvalue weighted by Gasteiger charge is 2.21. The molecule has 0 aliphatic carbocycles. The Labute approximate surface area is 184 Å². The van der Waals surface area contributed by atoms with E-state index in [1.807, 2.05) is 51.2 Å². The van der Waals surface area contributed by atoms with E-state index in [0.29, 0.717) is 11.3 Å². The largest absolute Gasteiger partial charge is 0.322 e. The van der Waals surface area contributed by atoms with Crippen molar-refractivity contribution in [1.29, 1.82) is 5.26 Å². The van der Waals surface area contributed by atoms with Crippen molar-refractivity contribution in [3.8, 4) is 22.3 Å². The predicted octanol–water partition coefficient (Wildman–Crippen LogP) is 4.75. The van der Waals surface area contributed by atoms with Crippen LogP contribution in [0.25, 0.3) is 16.3 Å². The Morgan fingerprint density at radius 1 is 1.23 bits per heavy atom. The molecule has 0 saturated heterocycles. The third kappa shape index (κ3) is 4.22. The van der Waals surface area contributed by atoms with Crippen LogP contribution in [0.1, 0.15) is 35.3 Å². The minimum Gasteiger partial charge on any atom is -0.322 e. The molecule has 2 heterocycles. The van der Waals surface area contributed by atoms with Gasteiger partial charge in [0, 0.05) is 17.4 Å². The molecule has 4 aromatic rings. The van der Waals surface area contributed by atoms with Crippen molar-refractivity contribution in [2.45, 2.75) is 26.2 Å². The molecule has 0 fully saturated rings. The van der Waals surface area contributed by atoms with Gasteiger partial charge in [-0.3, -0.25) is 9.78 Å². The molecule has 1 N–H and O–H groups in total. The summed E-state index contributed by atoms with van der Waals surface area (Å²) in [4.78, 5) is 17.9. The highest BCUT2D eigenvalue weighted by molar-refractivity contribution is 7.13. The number of nitrogens with one attached hydrogen (secondary N) is 1. The van der Waals surface area contributed by atoms with Crippen LogP contribution in [0.3, 0.4) is 0 Å². The second kappa shape index (κ2) is 8.13. The number of nitrogens with zero attached hydrogens (tertiary/aromatic N) is 5. The lowest BCUT2D eigenvalue weighted by atomic mass is 9.85. The van der Waals surface area contributed by atoms with Gasteiger partial charge in [0.25, 0.3) is 5.91 Å². The minimum absolute atomic E-state index is 0.241. The van der Waals surface area contributed by atoms with Crippen molar-refractivity contribution in [3.63, 3.8) is 0 Å². The number of amides is 1. The summed E-state index contributed by atoms with van der Waals surface area (Å²) in [6.45, 7) is 5.63. The molecule has 0 spiro atoms. The number of carbonyl (C=O) groups is 1. The summed E-state index contributed by atoms with van der Waals surface area (Å²) in [5, 5.41) is 20.8. The molecule has 0 aliphatic rings. The summed E-state index contributed by atoms with van der Waals surface area (Å²) in [6, 6.07) is 15.0. The third-order valence-electron chi connectivity index (χ3n) is 5.02. The predicted molar refractivity (Wildman–Crippen MR) is 120 cm³/mol. The van der Waals surface area contributed by atoms with E-state index in [2.05, 4.69) is 26.7 Å². The summed E-state index contributed by atoms with van der Waals surface area (Å²) >= 11 is 1.50. The molecule has 8 heteroatoms. The van der Waals surface area contributed by atoms with Crippen LogP contribution >= 0.6 is 11.3 Å². The first-order valence-electron chi connectivity index (χ1n) is 9.63. The Bertz CT molecular complexity index is 1280. The van der Waals surface area contributed by atoms with Gasteiger partial charge in [0.1, 0.15) is 5.69 Å². The summed E-state index contributed by atoms with van der Waals surface area (Å²) < 4.78 is 1.69. The number of nitriles is 1. The fraction of sp³-hybridized carbons (Fsp3) is 0.174. The molecule has 31 heavy (non-hydrogen) atoms. The maximum Gasteiger partial charge on any atom is 0.255 e. The fourth-order valence-electron chi connectivity index (χ4n) is 3.09. The fourth-order valence-corrected chi connectivity index (χ4v) is 3.66. The van der Waals surface area contributed by atoms with Crippen molar-refractivity contribution < 1.29 is 4.79 Å². The molecule has 154 valence electrons. The van der Waals surface area contributed by atoms with E-state index in [-0.39, 0.29) is 5.91 Å². The standard InChI is InChI=1S/C23H20N6OS/c1-15-7-8-18(10-20(15)29-12-19(27-28-29)21-11-25-14-31-21)26-22(30)16-5-4-6-17(9-16)23(2,3)13-24/h4-12,14H,1-3H3,(H,26,30). The molecule has 0 unspecified atom stereocenters. The first-order chi connectivity index (χ1) is 14.9. The Morgan fingerprint density at radius 2 is 2.06 bits per heavy atom. The number of hydrogen-bond acceptors (Lipinski definition) is 6. The second-order valence-electron chi connectivity index (χ2n) is 7.69. The molecule has 0 radical (unpaired) electrons. The van der Waals surface area contributed by atoms with Crippen LogP contribution in [0, 0.1) is 18.3 Å². The van der Waals surface area contributed by atoms with Crippen molar-refractivity contribution in [2.75, 3.05) is 5.32 Å². The van der Waals surface area contributed by atoms with Gasteiger partial charge >= 0.3 is 0 Å². The number of anilines is 1. The zero-order chi connectivity index (χ0) is 22.0. The molecule has 0 bridgehead atoms. The molecular weight excluding hydrogens is 408 g/mol. The molecule has 2 aromatic carbocycles. The lowest BCUT2D eigenvalue weighted by molar-refractivity contribution is 0.102. The van der Waals surface area contributed by atoms with E-state index in [0.717, 1.165) is 27.4 Å². The quantitative estimate of drug-likeness (QED) is 0.495. The van der Waals surface area contributed by atoms with Crippen LogP contribution in [-0.4, -0.2) is 25.9 Å². The number of thiazole rings is 1. The first-order valence-corrected chi connectivity index (χ1v) is 10.5. The summed E-state index contributed by atoms with van der Waals surface area (Å²) in [5.41, 5.74) is 5.58. The lowest BCUT2D eigenvalue weighted by Gasteiger charge is -2.16. The molecule has 0 saturated carbocycles. The molecule has 4 rings (SSSR count). The Kier molecular flexibility index (Phi) is 5.36. The van der Waals surface area contributed by atoms with Gasteiger partial charge in [-0.15, -0.1) is 16.4 Å². The number of rotatable bonds is 5. The van der Waals surface area contributed by atoms with Crippen molar-refractivity contribution in [2.24, 2.45) is 0 Å². The van der Waals surface area contributed by atoms with Crippen molar-refractivity contribution in [1.82, 2.24) is 20.0 Å². The second-order valence-corrected chi connectivity index (χ2v) is 8.57. The van der Waals surface area contributed by atoms with Gasteiger partial charge in [-0.05, 0) is 56.2 Å². The van der Waals surface area contributed by atoms with E-state index in [9.17, 15) is 10.1 Å². The lowest BCUT2D eigenvalue weighted by Crippen LogP contribution is -2.17. The van der Waals surface area contributed by atoms with E-state index in [1.165, 1.54) is 11.3 Å². The summed E-state index contributed by atoms with van der Waals surface area (Å²) in [5.74, 6) is -0.241. The van der Waals surface area contributed by atoms with Gasteiger partial charge in [-0.2, -0.15) is 5.26 Å². The number of carbonyl (C=O) groups excluding carboxylic acids is 1. The van der Waals surface area contributed by atoms with Crippen molar-refractivity contribution in [3.05, 3.63) is 77.1 Å². The highest BCUT2D eigenvalue weighted by Crippen LogP contribution is 2.25. The van der Waals surface area contributed by atoms with E-state index < -0.39 is 5.41 Å². The SMILES string of the molecule is Cc1ccc(NC(=O)c2cccc(C(C)(C)C#N)c2)cc1-n1cc(-c2cncs2)nn1. The number of benzene rings is 2. The van der Waals surface area contributed by atoms with Gasteiger partial charge in [0.2, 0.25) is 0 Å². The first kappa shape index (κ1) is 20.4. The number of aryl methyl sites for hydroxylation is 1. The molecule has 7 nitrogen and oxygen atoms in total. The zero-order valence-electron chi connectivity index (χ0n) is 17.3. The third-order valence-corrected chi connectivity index (χ3v) is 5.81. The summed E-state index contributed by atoms with van der Waals surface area (Å²) in [7, 11) is 0. The maximum atomic E-state index is 12.8. The molecule has 1 amide bonds. The van der Waals surface area contributed by atoms with Crippen LogP contribution in [0.4, 0.5) is 5.69 Å². The van der Waals surface area contributed by atoms with Crippen LogP contribution < -0.4 is 5.32 Å². The van der Waals surface area contributed by atoms with Crippen LogP contribution in [0.5, 0.6) is 0 Å². The average molecular weight is 429 g/mol. The smallest absolute Gasteiger partial charge is 0.255 e. The zero-order valence-corrected chi connectivity index (χ0v) is 18.1. The minimum atomic E-state index is -0.670. The van der Waals surface area contributed by atoms with E-state index in [1.54, 1.807) is 34.6 Å². The van der Waals surface area contributed by atoms with Gasteiger partial charge in [0.05, 0.1) is 33.8 Å². The Balaban J connectivity index is 1.59. The van der Waals surface area contributed by atoms with Gasteiger partial charge in [-0.25, -0.2) is 4.68 Å². The molecule has 0 atom stereocenters. The van der Waals surface area contributed by atoms with Gasteiger partial charge in [-0.1, -0.05) is 23.4 Å². The van der Waals surface area contributed by atoms with Crippen molar-refractivity contribution >= 4 is 22.9 Å². The van der Waals surface area contributed by atoms with Crippen LogP contribution in [-0.2, 0) is 5.41 Å². The van der Waals surface area contributed by atoms with Gasteiger partial charge in [0.15, 0.2) is 0 Å². The topological polar surface area (TPSA) is 96.5 Å². The van der Waals surface area contributed by atoms with E-state index in [4.69, 9.17) is 0 Å². The highest BCUT2D eigenvalue weighted by atomic mass is 32.1. The Hall–Kier alpha value is -3.83. The molecule has 2 aromatic heterocycles. The van der Waals surface area contributed by atoms with Crippen LogP contribution in [0.15, 0.2) is 60.4 Å². The van der Waals surface area contributed by atoms with Crippen LogP contribution in [0.2, 0.25) is 0 Å². The van der Waals surface area contributed by atoms with E-state index >= 15 is 0 Å². The summed E-state index contributed by atoms with van der Waals surface area (Å²) in [6.07, 6.45) is 3.60.